The van der Waals surface area contributed by atoms with Crippen LogP contribution in [0.4, 0.5) is 4.79 Å². The Morgan fingerprint density at radius 3 is 1.54 bits per heavy atom. The third-order valence-electron chi connectivity index (χ3n) is 4.89. The largest absolute Gasteiger partial charge is 0.519 e. The number of unbranched alkanes of at least 4 members (excludes halogenated alkanes) is 6. The van der Waals surface area contributed by atoms with Crippen LogP contribution in [0.5, 0.6) is 11.5 Å². The molecule has 2 aromatic rings. The maximum atomic E-state index is 12.0. The van der Waals surface area contributed by atoms with Crippen molar-refractivity contribution in [2.45, 2.75) is 78.1 Å². The number of rotatable bonds is 12. The van der Waals surface area contributed by atoms with Crippen molar-refractivity contribution in [3.63, 3.8) is 0 Å². The van der Waals surface area contributed by atoms with E-state index in [9.17, 15) is 4.79 Å². The number of benzene rings is 2. The number of ether oxygens (including phenoxy) is 2. The minimum atomic E-state index is -0.704. The maximum Gasteiger partial charge on any atom is 0.519 e. The topological polar surface area (TPSA) is 35.5 Å². The van der Waals surface area contributed by atoms with Crippen molar-refractivity contribution in [1.82, 2.24) is 0 Å². The lowest BCUT2D eigenvalue weighted by molar-refractivity contribution is 0.152. The summed E-state index contributed by atoms with van der Waals surface area (Å²) in [5.41, 5.74) is 2.53. The van der Waals surface area contributed by atoms with Gasteiger partial charge in [0.2, 0.25) is 0 Å². The highest BCUT2D eigenvalue weighted by Crippen LogP contribution is 2.18. The van der Waals surface area contributed by atoms with Crippen molar-refractivity contribution in [2.24, 2.45) is 0 Å². The Morgan fingerprint density at radius 2 is 1.04 bits per heavy atom. The molecule has 3 nitrogen and oxygen atoms in total. The van der Waals surface area contributed by atoms with Crippen molar-refractivity contribution >= 4 is 6.16 Å². The van der Waals surface area contributed by atoms with Crippen LogP contribution in [0, 0.1) is 0 Å². The molecule has 0 bridgehead atoms. The average molecular weight is 383 g/mol. The standard InChI is InChI=1S/C25H34O3/c1-3-5-7-8-9-10-12-22-15-19-24(20-16-22)28-25(26)27-23-17-13-21(14-18-23)11-6-4-2/h13-20H,3-12H2,1-2H3. The fourth-order valence-electron chi connectivity index (χ4n) is 3.15. The van der Waals surface area contributed by atoms with Crippen LogP contribution in [0.15, 0.2) is 48.5 Å². The quantitative estimate of drug-likeness (QED) is 0.216. The molecule has 2 aromatic carbocycles. The van der Waals surface area contributed by atoms with E-state index in [2.05, 4.69) is 13.8 Å². The van der Waals surface area contributed by atoms with Crippen LogP contribution in [0.3, 0.4) is 0 Å². The average Bonchev–Trinajstić information content (AvgIpc) is 2.71. The van der Waals surface area contributed by atoms with Crippen LogP contribution < -0.4 is 9.47 Å². The van der Waals surface area contributed by atoms with E-state index in [0.717, 1.165) is 19.3 Å². The lowest BCUT2D eigenvalue weighted by Gasteiger charge is -2.07. The van der Waals surface area contributed by atoms with Crippen molar-refractivity contribution in [3.05, 3.63) is 59.7 Å². The van der Waals surface area contributed by atoms with Gasteiger partial charge in [-0.15, -0.1) is 0 Å². The van der Waals surface area contributed by atoms with Gasteiger partial charge in [-0.1, -0.05) is 76.6 Å². The molecule has 0 radical (unpaired) electrons. The minimum Gasteiger partial charge on any atom is -0.395 e. The van der Waals surface area contributed by atoms with E-state index in [0.29, 0.717) is 11.5 Å². The van der Waals surface area contributed by atoms with E-state index in [1.807, 2.05) is 48.5 Å². The van der Waals surface area contributed by atoms with Crippen molar-refractivity contribution in [1.29, 1.82) is 0 Å². The Morgan fingerprint density at radius 1 is 0.607 bits per heavy atom. The van der Waals surface area contributed by atoms with Gasteiger partial charge in [0.15, 0.2) is 0 Å². The van der Waals surface area contributed by atoms with Gasteiger partial charge in [-0.2, -0.15) is 0 Å². The zero-order valence-electron chi connectivity index (χ0n) is 17.4. The molecule has 0 aliphatic carbocycles. The van der Waals surface area contributed by atoms with E-state index in [1.54, 1.807) is 0 Å². The fraction of sp³-hybridized carbons (Fsp3) is 0.480. The van der Waals surface area contributed by atoms with E-state index in [-0.39, 0.29) is 0 Å². The molecule has 0 saturated carbocycles. The smallest absolute Gasteiger partial charge is 0.395 e. The number of carbonyl (C=O) groups excluding carboxylic acids is 1. The SMILES string of the molecule is CCCCCCCCc1ccc(OC(=O)Oc2ccc(CCCC)cc2)cc1. The third kappa shape index (κ3) is 8.60. The van der Waals surface area contributed by atoms with Crippen LogP contribution in [0.25, 0.3) is 0 Å². The number of hydrogen-bond acceptors (Lipinski definition) is 3. The Labute approximate surface area is 170 Å². The predicted molar refractivity (Wildman–Crippen MR) is 115 cm³/mol. The second-order valence-corrected chi connectivity index (χ2v) is 7.36. The second kappa shape index (κ2) is 13.0. The van der Waals surface area contributed by atoms with Crippen LogP contribution >= 0.6 is 0 Å². The summed E-state index contributed by atoms with van der Waals surface area (Å²) in [4.78, 5) is 12.0. The molecule has 0 amide bonds. The molecule has 0 atom stereocenters. The van der Waals surface area contributed by atoms with Gasteiger partial charge in [-0.25, -0.2) is 4.79 Å². The molecule has 2 rings (SSSR count). The molecule has 152 valence electrons. The lowest BCUT2D eigenvalue weighted by Crippen LogP contribution is -2.13. The van der Waals surface area contributed by atoms with Crippen LogP contribution in [-0.2, 0) is 12.8 Å². The molecule has 0 aromatic heterocycles. The summed E-state index contributed by atoms with van der Waals surface area (Å²) in [6, 6.07) is 15.3. The molecule has 0 saturated heterocycles. The third-order valence-corrected chi connectivity index (χ3v) is 4.89. The zero-order chi connectivity index (χ0) is 20.0. The van der Waals surface area contributed by atoms with Gasteiger partial charge >= 0.3 is 6.16 Å². The first-order valence-corrected chi connectivity index (χ1v) is 10.8. The van der Waals surface area contributed by atoms with E-state index in [1.165, 1.54) is 56.1 Å². The van der Waals surface area contributed by atoms with Crippen molar-refractivity contribution in [3.8, 4) is 11.5 Å². The first kappa shape index (κ1) is 22.0. The summed E-state index contributed by atoms with van der Waals surface area (Å²) < 4.78 is 10.5. The van der Waals surface area contributed by atoms with E-state index < -0.39 is 6.16 Å². The summed E-state index contributed by atoms with van der Waals surface area (Å²) in [5, 5.41) is 0. The van der Waals surface area contributed by atoms with Gasteiger partial charge in [0.1, 0.15) is 11.5 Å². The number of aryl methyl sites for hydroxylation is 2. The molecule has 3 heteroatoms. The van der Waals surface area contributed by atoms with Crippen molar-refractivity contribution in [2.75, 3.05) is 0 Å². The van der Waals surface area contributed by atoms with E-state index >= 15 is 0 Å². The normalized spacial score (nSPS) is 10.6. The Balaban J connectivity index is 1.71. The molecule has 0 spiro atoms. The highest BCUT2D eigenvalue weighted by molar-refractivity contribution is 5.67. The van der Waals surface area contributed by atoms with Gasteiger partial charge < -0.3 is 9.47 Å². The zero-order valence-corrected chi connectivity index (χ0v) is 17.4. The predicted octanol–water partition coefficient (Wildman–Crippen LogP) is 7.51. The van der Waals surface area contributed by atoms with Gasteiger partial charge in [-0.3, -0.25) is 0 Å². The highest BCUT2D eigenvalue weighted by atomic mass is 16.7. The highest BCUT2D eigenvalue weighted by Gasteiger charge is 2.08. The minimum absolute atomic E-state index is 0.505. The molecule has 0 unspecified atom stereocenters. The summed E-state index contributed by atoms with van der Waals surface area (Å²) in [6.45, 7) is 4.41. The summed E-state index contributed by atoms with van der Waals surface area (Å²) in [5.74, 6) is 1.02. The molecular weight excluding hydrogens is 348 g/mol. The van der Waals surface area contributed by atoms with Crippen LogP contribution in [0.2, 0.25) is 0 Å². The van der Waals surface area contributed by atoms with Gasteiger partial charge in [-0.05, 0) is 61.1 Å². The molecular formula is C25H34O3. The van der Waals surface area contributed by atoms with Gasteiger partial charge in [0.05, 0.1) is 0 Å². The number of hydrogen-bond donors (Lipinski definition) is 0. The summed E-state index contributed by atoms with van der Waals surface area (Å²) in [6.07, 6.45) is 11.5. The fourth-order valence-corrected chi connectivity index (χ4v) is 3.15. The molecule has 0 aliphatic rings. The van der Waals surface area contributed by atoms with Gasteiger partial charge in [0, 0.05) is 0 Å². The molecule has 0 aliphatic heterocycles. The molecule has 0 N–H and O–H groups in total. The van der Waals surface area contributed by atoms with Gasteiger partial charge in [0.25, 0.3) is 0 Å². The number of carbonyl (C=O) groups is 1. The summed E-state index contributed by atoms with van der Waals surface area (Å²) >= 11 is 0. The monoisotopic (exact) mass is 382 g/mol. The maximum absolute atomic E-state index is 12.0. The Kier molecular flexibility index (Phi) is 10.2. The van der Waals surface area contributed by atoms with Crippen LogP contribution in [-0.4, -0.2) is 6.16 Å². The Hall–Kier alpha value is -2.29. The lowest BCUT2D eigenvalue weighted by atomic mass is 10.1. The Bertz CT molecular complexity index is 674. The van der Waals surface area contributed by atoms with Crippen LogP contribution in [0.1, 0.15) is 76.3 Å². The first-order valence-electron chi connectivity index (χ1n) is 10.8. The molecule has 0 heterocycles. The summed E-state index contributed by atoms with van der Waals surface area (Å²) in [7, 11) is 0. The molecule has 0 fully saturated rings. The first-order chi connectivity index (χ1) is 13.7. The van der Waals surface area contributed by atoms with E-state index in [4.69, 9.17) is 9.47 Å². The second-order valence-electron chi connectivity index (χ2n) is 7.36. The van der Waals surface area contributed by atoms with Crippen molar-refractivity contribution < 1.29 is 14.3 Å². The molecule has 28 heavy (non-hydrogen) atoms.